The second-order valence-electron chi connectivity index (χ2n) is 4.76. The first-order valence-electron chi connectivity index (χ1n) is 6.50. The smallest absolute Gasteiger partial charge is 0.246 e. The second-order valence-corrected chi connectivity index (χ2v) is 5.01. The Morgan fingerprint density at radius 2 is 2.16 bits per heavy atom. The van der Waals surface area contributed by atoms with Gasteiger partial charge in [0.1, 0.15) is 0 Å². The van der Waals surface area contributed by atoms with Gasteiger partial charge in [-0.2, -0.15) is 0 Å². The molecule has 1 aliphatic carbocycles. The van der Waals surface area contributed by atoms with Crippen LogP contribution in [0.4, 0.5) is 0 Å². The Labute approximate surface area is 119 Å². The Bertz CT molecular complexity index is 491. The average molecular weight is 276 g/mol. The molecule has 0 aromatic heterocycles. The Morgan fingerprint density at radius 3 is 2.79 bits per heavy atom. The van der Waals surface area contributed by atoms with Crippen LogP contribution in [0.3, 0.4) is 0 Å². The largest absolute Gasteiger partial charge is 0.331 e. The van der Waals surface area contributed by atoms with Crippen molar-refractivity contribution >= 4 is 17.5 Å². The van der Waals surface area contributed by atoms with Crippen molar-refractivity contribution in [3.05, 3.63) is 59.7 Å². The molecule has 0 spiro atoms. The van der Waals surface area contributed by atoms with Gasteiger partial charge in [-0.05, 0) is 36.0 Å². The standard InChI is InChI=1S/C16H18ClNO/c1-2-16(19)18(11-5-10-17)12-14-6-3-4-7-15(14)13-8-9-13/h2-7,10,13H,1,8-9,11-12H2/b10-5+. The predicted molar refractivity (Wildman–Crippen MR) is 79.0 cm³/mol. The first-order valence-corrected chi connectivity index (χ1v) is 6.94. The maximum atomic E-state index is 11.8. The Morgan fingerprint density at radius 1 is 1.42 bits per heavy atom. The molecule has 0 unspecified atom stereocenters. The van der Waals surface area contributed by atoms with Gasteiger partial charge in [-0.15, -0.1) is 0 Å². The van der Waals surface area contributed by atoms with Crippen LogP contribution in [0, 0.1) is 0 Å². The summed E-state index contributed by atoms with van der Waals surface area (Å²) in [5, 5.41) is 0. The van der Waals surface area contributed by atoms with Gasteiger partial charge < -0.3 is 4.90 Å². The van der Waals surface area contributed by atoms with E-state index in [1.165, 1.54) is 35.6 Å². The molecule has 1 amide bonds. The molecule has 0 atom stereocenters. The summed E-state index contributed by atoms with van der Waals surface area (Å²) in [6.45, 7) is 4.67. The zero-order chi connectivity index (χ0) is 13.7. The van der Waals surface area contributed by atoms with E-state index >= 15 is 0 Å². The van der Waals surface area contributed by atoms with Crippen LogP contribution in [0.5, 0.6) is 0 Å². The third-order valence-electron chi connectivity index (χ3n) is 3.33. The third kappa shape index (κ3) is 3.71. The van der Waals surface area contributed by atoms with E-state index in [2.05, 4.69) is 24.8 Å². The van der Waals surface area contributed by atoms with Crippen LogP contribution in [-0.4, -0.2) is 17.4 Å². The summed E-state index contributed by atoms with van der Waals surface area (Å²) >= 11 is 5.54. The van der Waals surface area contributed by atoms with Crippen LogP contribution in [0.25, 0.3) is 0 Å². The number of carbonyl (C=O) groups excluding carboxylic acids is 1. The minimum atomic E-state index is -0.0691. The fourth-order valence-corrected chi connectivity index (χ4v) is 2.28. The zero-order valence-corrected chi connectivity index (χ0v) is 11.6. The van der Waals surface area contributed by atoms with E-state index in [1.807, 2.05) is 6.07 Å². The molecule has 0 N–H and O–H groups in total. The van der Waals surface area contributed by atoms with Crippen LogP contribution >= 0.6 is 11.6 Å². The number of benzene rings is 1. The summed E-state index contributed by atoms with van der Waals surface area (Å²) in [6, 6.07) is 8.35. The molecule has 0 radical (unpaired) electrons. The topological polar surface area (TPSA) is 20.3 Å². The van der Waals surface area contributed by atoms with E-state index in [9.17, 15) is 4.79 Å². The van der Waals surface area contributed by atoms with Crippen LogP contribution in [-0.2, 0) is 11.3 Å². The highest BCUT2D eigenvalue weighted by Gasteiger charge is 2.26. The molecule has 2 nitrogen and oxygen atoms in total. The van der Waals surface area contributed by atoms with E-state index < -0.39 is 0 Å². The molecule has 1 aromatic carbocycles. The number of halogens is 1. The van der Waals surface area contributed by atoms with Crippen molar-refractivity contribution in [2.75, 3.05) is 6.54 Å². The lowest BCUT2D eigenvalue weighted by Gasteiger charge is -2.21. The number of nitrogens with zero attached hydrogens (tertiary/aromatic N) is 1. The summed E-state index contributed by atoms with van der Waals surface area (Å²) in [5.74, 6) is 0.612. The quantitative estimate of drug-likeness (QED) is 0.723. The lowest BCUT2D eigenvalue weighted by Crippen LogP contribution is -2.29. The van der Waals surface area contributed by atoms with Gasteiger partial charge in [0.25, 0.3) is 0 Å². The molecule has 100 valence electrons. The number of hydrogen-bond donors (Lipinski definition) is 0. The molecular formula is C16H18ClNO. The van der Waals surface area contributed by atoms with Crippen LogP contribution in [0.1, 0.15) is 29.9 Å². The molecule has 1 aliphatic rings. The maximum Gasteiger partial charge on any atom is 0.246 e. The van der Waals surface area contributed by atoms with Crippen LogP contribution < -0.4 is 0 Å². The SMILES string of the molecule is C=CC(=O)N(C/C=C/Cl)Cc1ccccc1C1CC1. The fraction of sp³-hybridized carbons (Fsp3) is 0.312. The molecule has 1 aromatic rings. The van der Waals surface area contributed by atoms with Crippen molar-refractivity contribution < 1.29 is 4.79 Å². The van der Waals surface area contributed by atoms with Gasteiger partial charge in [-0.3, -0.25) is 4.79 Å². The van der Waals surface area contributed by atoms with Gasteiger partial charge in [0, 0.05) is 18.6 Å². The Hall–Kier alpha value is -1.54. The third-order valence-corrected chi connectivity index (χ3v) is 3.51. The van der Waals surface area contributed by atoms with E-state index in [-0.39, 0.29) is 5.91 Å². The van der Waals surface area contributed by atoms with Crippen molar-refractivity contribution in [2.24, 2.45) is 0 Å². The molecule has 2 rings (SSSR count). The number of amides is 1. The first kappa shape index (κ1) is 13.9. The van der Waals surface area contributed by atoms with Gasteiger partial charge in [0.15, 0.2) is 0 Å². The molecule has 0 bridgehead atoms. The second kappa shape index (κ2) is 6.58. The minimum Gasteiger partial charge on any atom is -0.331 e. The lowest BCUT2D eigenvalue weighted by molar-refractivity contribution is -0.126. The number of carbonyl (C=O) groups is 1. The highest BCUT2D eigenvalue weighted by molar-refractivity contribution is 6.25. The Kier molecular flexibility index (Phi) is 4.80. The molecule has 0 saturated heterocycles. The van der Waals surface area contributed by atoms with Crippen molar-refractivity contribution in [1.29, 1.82) is 0 Å². The summed E-state index contributed by atoms with van der Waals surface area (Å²) in [4.78, 5) is 13.6. The monoisotopic (exact) mass is 275 g/mol. The molecule has 19 heavy (non-hydrogen) atoms. The van der Waals surface area contributed by atoms with Gasteiger partial charge in [-0.25, -0.2) is 0 Å². The Balaban J connectivity index is 2.15. The maximum absolute atomic E-state index is 11.8. The molecular weight excluding hydrogens is 258 g/mol. The summed E-state index contributed by atoms with van der Waals surface area (Å²) in [6.07, 6.45) is 5.63. The normalized spacial score (nSPS) is 14.6. The first-order chi connectivity index (χ1) is 9.26. The highest BCUT2D eigenvalue weighted by atomic mass is 35.5. The van der Waals surface area contributed by atoms with E-state index in [0.717, 1.165) is 0 Å². The highest BCUT2D eigenvalue weighted by Crippen LogP contribution is 2.41. The zero-order valence-electron chi connectivity index (χ0n) is 10.9. The van der Waals surface area contributed by atoms with E-state index in [0.29, 0.717) is 19.0 Å². The number of hydrogen-bond acceptors (Lipinski definition) is 1. The van der Waals surface area contributed by atoms with Crippen molar-refractivity contribution in [2.45, 2.75) is 25.3 Å². The predicted octanol–water partition coefficient (Wildman–Crippen LogP) is 3.83. The van der Waals surface area contributed by atoms with E-state index in [1.54, 1.807) is 11.0 Å². The van der Waals surface area contributed by atoms with Gasteiger partial charge in [-0.1, -0.05) is 48.5 Å². The summed E-state index contributed by atoms with van der Waals surface area (Å²) < 4.78 is 0. The molecule has 0 aliphatic heterocycles. The van der Waals surface area contributed by atoms with Gasteiger partial charge in [0.2, 0.25) is 5.91 Å². The summed E-state index contributed by atoms with van der Waals surface area (Å²) in [7, 11) is 0. The molecule has 1 fully saturated rings. The van der Waals surface area contributed by atoms with Crippen LogP contribution in [0.15, 0.2) is 48.5 Å². The lowest BCUT2D eigenvalue weighted by atomic mass is 10.0. The van der Waals surface area contributed by atoms with Gasteiger partial charge in [0.05, 0.1) is 0 Å². The minimum absolute atomic E-state index is 0.0691. The molecule has 3 heteroatoms. The fourth-order valence-electron chi connectivity index (χ4n) is 2.21. The molecule has 1 saturated carbocycles. The van der Waals surface area contributed by atoms with Crippen LogP contribution in [0.2, 0.25) is 0 Å². The van der Waals surface area contributed by atoms with Crippen molar-refractivity contribution in [3.63, 3.8) is 0 Å². The van der Waals surface area contributed by atoms with E-state index in [4.69, 9.17) is 11.6 Å². The summed E-state index contributed by atoms with van der Waals surface area (Å²) in [5.41, 5.74) is 4.04. The van der Waals surface area contributed by atoms with Crippen molar-refractivity contribution in [1.82, 2.24) is 4.90 Å². The molecule has 0 heterocycles. The van der Waals surface area contributed by atoms with Crippen molar-refractivity contribution in [3.8, 4) is 0 Å². The van der Waals surface area contributed by atoms with Gasteiger partial charge >= 0.3 is 0 Å². The average Bonchev–Trinajstić information content (AvgIpc) is 3.27. The number of rotatable bonds is 6.